The summed E-state index contributed by atoms with van der Waals surface area (Å²) in [5.41, 5.74) is 4.05. The molecule has 2 amide bonds. The minimum Gasteiger partial charge on any atom is -0.467 e. The number of nitrogens with zero attached hydrogens (tertiary/aromatic N) is 2. The Labute approximate surface area is 203 Å². The standard InChI is InChI=1S/C27H27N3O3S/c1-17-13-18(2)15-22(14-17)30(27(32)25-19(3)29-20(4)34-25)24(21-9-6-5-7-10-21)26(31)28-16-23-11-8-12-33-23/h5-15,24H,16H2,1-4H3,(H,28,31)/t24-/m1/s1. The molecule has 0 aliphatic carbocycles. The lowest BCUT2D eigenvalue weighted by Gasteiger charge is -2.31. The summed E-state index contributed by atoms with van der Waals surface area (Å²) in [4.78, 5) is 34.3. The monoisotopic (exact) mass is 473 g/mol. The molecule has 0 saturated carbocycles. The molecule has 0 spiro atoms. The predicted octanol–water partition coefficient (Wildman–Crippen LogP) is 5.67. The first-order valence-electron chi connectivity index (χ1n) is 11.0. The minimum absolute atomic E-state index is 0.225. The summed E-state index contributed by atoms with van der Waals surface area (Å²) in [7, 11) is 0. The fraction of sp³-hybridized carbons (Fsp3) is 0.222. The maximum Gasteiger partial charge on any atom is 0.271 e. The lowest BCUT2D eigenvalue weighted by atomic mass is 10.0. The number of thiazole rings is 1. The van der Waals surface area contributed by atoms with Gasteiger partial charge in [0.15, 0.2) is 0 Å². The van der Waals surface area contributed by atoms with Crippen LogP contribution >= 0.6 is 11.3 Å². The van der Waals surface area contributed by atoms with Crippen LogP contribution < -0.4 is 10.2 Å². The first-order valence-corrected chi connectivity index (χ1v) is 11.9. The number of furan rings is 1. The van der Waals surface area contributed by atoms with E-state index < -0.39 is 6.04 Å². The number of hydrogen-bond acceptors (Lipinski definition) is 5. The normalized spacial score (nSPS) is 11.8. The molecule has 1 N–H and O–H groups in total. The molecular formula is C27H27N3O3S. The summed E-state index contributed by atoms with van der Waals surface area (Å²) >= 11 is 1.34. The van der Waals surface area contributed by atoms with Gasteiger partial charge in [0.25, 0.3) is 5.91 Å². The van der Waals surface area contributed by atoms with E-state index in [1.54, 1.807) is 23.3 Å². The van der Waals surface area contributed by atoms with Crippen molar-refractivity contribution in [1.82, 2.24) is 10.3 Å². The first-order chi connectivity index (χ1) is 16.3. The Kier molecular flexibility index (Phi) is 6.93. The quantitative estimate of drug-likeness (QED) is 0.375. The molecule has 174 valence electrons. The lowest BCUT2D eigenvalue weighted by Crippen LogP contribution is -2.44. The minimum atomic E-state index is -0.883. The number of carbonyl (C=O) groups excluding carboxylic acids is 2. The van der Waals surface area contributed by atoms with E-state index in [-0.39, 0.29) is 18.4 Å². The fourth-order valence-electron chi connectivity index (χ4n) is 4.05. The number of nitrogens with one attached hydrogen (secondary N) is 1. The molecule has 1 atom stereocenters. The molecule has 0 radical (unpaired) electrons. The second-order valence-electron chi connectivity index (χ2n) is 8.28. The summed E-state index contributed by atoms with van der Waals surface area (Å²) in [6.45, 7) is 7.89. The zero-order valence-corrected chi connectivity index (χ0v) is 20.5. The van der Waals surface area contributed by atoms with Crippen LogP contribution in [0.4, 0.5) is 5.69 Å². The second kappa shape index (κ2) is 10.1. The van der Waals surface area contributed by atoms with E-state index in [0.717, 1.165) is 16.1 Å². The highest BCUT2D eigenvalue weighted by atomic mass is 32.1. The summed E-state index contributed by atoms with van der Waals surface area (Å²) in [5, 5.41) is 3.76. The molecular weight excluding hydrogens is 446 g/mol. The molecule has 4 aromatic rings. The van der Waals surface area contributed by atoms with Crippen molar-refractivity contribution in [3.8, 4) is 0 Å². The smallest absolute Gasteiger partial charge is 0.271 e. The van der Waals surface area contributed by atoms with Crippen LogP contribution in [0.2, 0.25) is 0 Å². The van der Waals surface area contributed by atoms with Crippen LogP contribution in [0.3, 0.4) is 0 Å². The second-order valence-corrected chi connectivity index (χ2v) is 9.48. The molecule has 4 rings (SSSR count). The van der Waals surface area contributed by atoms with E-state index in [9.17, 15) is 9.59 Å². The van der Waals surface area contributed by atoms with Crippen molar-refractivity contribution in [2.24, 2.45) is 0 Å². The summed E-state index contributed by atoms with van der Waals surface area (Å²) in [6.07, 6.45) is 1.57. The molecule has 0 bridgehead atoms. The third-order valence-corrected chi connectivity index (χ3v) is 6.50. The van der Waals surface area contributed by atoms with Gasteiger partial charge < -0.3 is 9.73 Å². The van der Waals surface area contributed by atoms with Crippen molar-refractivity contribution < 1.29 is 14.0 Å². The van der Waals surface area contributed by atoms with Gasteiger partial charge in [-0.3, -0.25) is 14.5 Å². The fourth-order valence-corrected chi connectivity index (χ4v) is 4.91. The van der Waals surface area contributed by atoms with Gasteiger partial charge in [0.2, 0.25) is 5.91 Å². The van der Waals surface area contributed by atoms with Crippen LogP contribution in [-0.4, -0.2) is 16.8 Å². The molecule has 2 aromatic carbocycles. The van der Waals surface area contributed by atoms with Crippen LogP contribution in [0, 0.1) is 27.7 Å². The van der Waals surface area contributed by atoms with Crippen LogP contribution in [0.15, 0.2) is 71.3 Å². The van der Waals surface area contributed by atoms with Crippen molar-refractivity contribution in [2.45, 2.75) is 40.3 Å². The zero-order valence-electron chi connectivity index (χ0n) is 19.7. The molecule has 34 heavy (non-hydrogen) atoms. The Bertz CT molecular complexity index is 1280. The molecule has 7 heteroatoms. The van der Waals surface area contributed by atoms with Crippen molar-refractivity contribution in [3.63, 3.8) is 0 Å². The van der Waals surface area contributed by atoms with E-state index in [4.69, 9.17) is 4.42 Å². The highest BCUT2D eigenvalue weighted by Crippen LogP contribution is 2.33. The van der Waals surface area contributed by atoms with Crippen LogP contribution in [-0.2, 0) is 11.3 Å². The Morgan fingerprint density at radius 3 is 2.29 bits per heavy atom. The number of aromatic nitrogens is 1. The molecule has 0 fully saturated rings. The van der Waals surface area contributed by atoms with Gasteiger partial charge in [-0.05, 0) is 68.7 Å². The average molecular weight is 474 g/mol. The predicted molar refractivity (Wildman–Crippen MR) is 134 cm³/mol. The van der Waals surface area contributed by atoms with Gasteiger partial charge in [0.05, 0.1) is 23.5 Å². The summed E-state index contributed by atoms with van der Waals surface area (Å²) in [5.74, 6) is 0.0856. The number of amides is 2. The third-order valence-electron chi connectivity index (χ3n) is 5.44. The largest absolute Gasteiger partial charge is 0.467 e. The maximum atomic E-state index is 14.1. The van der Waals surface area contributed by atoms with E-state index in [1.807, 2.05) is 76.2 Å². The van der Waals surface area contributed by atoms with E-state index in [1.165, 1.54) is 11.3 Å². The molecule has 2 heterocycles. The number of carbonyl (C=O) groups is 2. The van der Waals surface area contributed by atoms with E-state index in [2.05, 4.69) is 10.3 Å². The van der Waals surface area contributed by atoms with Gasteiger partial charge in [-0.15, -0.1) is 11.3 Å². The molecule has 6 nitrogen and oxygen atoms in total. The molecule has 2 aromatic heterocycles. The molecule has 0 saturated heterocycles. The first kappa shape index (κ1) is 23.4. The van der Waals surface area contributed by atoms with Gasteiger partial charge in [-0.25, -0.2) is 4.98 Å². The highest BCUT2D eigenvalue weighted by molar-refractivity contribution is 7.13. The molecule has 0 aliphatic rings. The Morgan fingerprint density at radius 1 is 1.00 bits per heavy atom. The van der Waals surface area contributed by atoms with Crippen molar-refractivity contribution in [1.29, 1.82) is 0 Å². The number of hydrogen-bond donors (Lipinski definition) is 1. The zero-order chi connectivity index (χ0) is 24.2. The third kappa shape index (κ3) is 5.10. The topological polar surface area (TPSA) is 75.4 Å². The Morgan fingerprint density at radius 2 is 1.71 bits per heavy atom. The van der Waals surface area contributed by atoms with Crippen molar-refractivity contribution in [2.75, 3.05) is 4.90 Å². The molecule has 0 aliphatic heterocycles. The van der Waals surface area contributed by atoms with E-state index in [0.29, 0.717) is 27.6 Å². The van der Waals surface area contributed by atoms with Gasteiger partial charge in [-0.1, -0.05) is 36.4 Å². The van der Waals surface area contributed by atoms with Gasteiger partial charge in [0.1, 0.15) is 16.7 Å². The van der Waals surface area contributed by atoms with Crippen molar-refractivity contribution in [3.05, 3.63) is 105 Å². The number of aryl methyl sites for hydroxylation is 4. The lowest BCUT2D eigenvalue weighted by molar-refractivity contribution is -0.122. The Hall–Kier alpha value is -3.71. The van der Waals surface area contributed by atoms with Crippen LogP contribution in [0.25, 0.3) is 0 Å². The Balaban J connectivity index is 1.83. The van der Waals surface area contributed by atoms with Gasteiger partial charge in [-0.2, -0.15) is 0 Å². The maximum absolute atomic E-state index is 14.1. The SMILES string of the molecule is Cc1cc(C)cc(N(C(=O)c2sc(C)nc2C)[C@@H](C(=O)NCc2ccco2)c2ccccc2)c1. The van der Waals surface area contributed by atoms with Gasteiger partial charge >= 0.3 is 0 Å². The molecule has 0 unspecified atom stereocenters. The number of benzene rings is 2. The van der Waals surface area contributed by atoms with E-state index >= 15 is 0 Å². The van der Waals surface area contributed by atoms with Gasteiger partial charge in [0, 0.05) is 5.69 Å². The summed E-state index contributed by atoms with van der Waals surface area (Å²) < 4.78 is 5.38. The average Bonchev–Trinajstić information content (AvgIpc) is 3.44. The number of anilines is 1. The number of rotatable bonds is 7. The highest BCUT2D eigenvalue weighted by Gasteiger charge is 2.35. The van der Waals surface area contributed by atoms with Crippen LogP contribution in [0.1, 0.15) is 48.9 Å². The van der Waals surface area contributed by atoms with Crippen molar-refractivity contribution >= 4 is 28.8 Å². The summed E-state index contributed by atoms with van der Waals surface area (Å²) in [6, 6.07) is 18.0. The van der Waals surface area contributed by atoms with Crippen LogP contribution in [0.5, 0.6) is 0 Å².